The lowest BCUT2D eigenvalue weighted by Gasteiger charge is -2.34. The molecule has 0 spiro atoms. The van der Waals surface area contributed by atoms with Crippen molar-refractivity contribution in [1.29, 1.82) is 0 Å². The van der Waals surface area contributed by atoms with Crippen LogP contribution in [0.5, 0.6) is 0 Å². The van der Waals surface area contributed by atoms with Crippen LogP contribution in [0.1, 0.15) is 23.3 Å². The molecule has 1 aromatic heterocycles. The van der Waals surface area contributed by atoms with Crippen molar-refractivity contribution < 1.29 is 9.18 Å². The van der Waals surface area contributed by atoms with E-state index in [0.717, 1.165) is 5.82 Å². The Balaban J connectivity index is 1.90. The van der Waals surface area contributed by atoms with Gasteiger partial charge in [0, 0.05) is 20.1 Å². The SMILES string of the molecule is Cc1nc(CN2CCNC(=O)[C@H]2c2cccc(F)c2)n(C)n1. The molecule has 0 bridgehead atoms. The average Bonchev–Trinajstić information content (AvgIpc) is 2.77. The van der Waals surface area contributed by atoms with E-state index in [1.807, 2.05) is 18.9 Å². The maximum Gasteiger partial charge on any atom is 0.242 e. The number of nitrogens with zero attached hydrogens (tertiary/aromatic N) is 4. The third-order valence-corrected chi connectivity index (χ3v) is 3.78. The van der Waals surface area contributed by atoms with Gasteiger partial charge >= 0.3 is 0 Å². The van der Waals surface area contributed by atoms with E-state index in [2.05, 4.69) is 15.4 Å². The molecule has 116 valence electrons. The molecule has 2 heterocycles. The van der Waals surface area contributed by atoms with Crippen LogP contribution in [0.4, 0.5) is 4.39 Å². The van der Waals surface area contributed by atoms with Gasteiger partial charge in [0.1, 0.15) is 23.5 Å². The van der Waals surface area contributed by atoms with Crippen molar-refractivity contribution in [3.8, 4) is 0 Å². The second-order valence-corrected chi connectivity index (χ2v) is 5.42. The summed E-state index contributed by atoms with van der Waals surface area (Å²) in [5.74, 6) is 1.02. The Hall–Kier alpha value is -2.28. The van der Waals surface area contributed by atoms with Crippen molar-refractivity contribution in [2.45, 2.75) is 19.5 Å². The summed E-state index contributed by atoms with van der Waals surface area (Å²) < 4.78 is 15.2. The molecule has 0 unspecified atom stereocenters. The first-order chi connectivity index (χ1) is 10.5. The molecule has 1 aromatic carbocycles. The van der Waals surface area contributed by atoms with E-state index in [4.69, 9.17) is 0 Å². The van der Waals surface area contributed by atoms with Gasteiger partial charge in [-0.2, -0.15) is 5.10 Å². The molecular formula is C15H18FN5O. The Morgan fingerprint density at radius 1 is 1.45 bits per heavy atom. The molecule has 0 saturated carbocycles. The van der Waals surface area contributed by atoms with Gasteiger partial charge in [0.05, 0.1) is 6.54 Å². The summed E-state index contributed by atoms with van der Waals surface area (Å²) in [5, 5.41) is 7.07. The molecule has 1 aliphatic rings. The summed E-state index contributed by atoms with van der Waals surface area (Å²) in [7, 11) is 1.83. The zero-order valence-electron chi connectivity index (χ0n) is 12.6. The van der Waals surface area contributed by atoms with Crippen molar-refractivity contribution in [3.63, 3.8) is 0 Å². The van der Waals surface area contributed by atoms with Gasteiger partial charge in [0.15, 0.2) is 0 Å². The van der Waals surface area contributed by atoms with E-state index < -0.39 is 6.04 Å². The van der Waals surface area contributed by atoms with Gasteiger partial charge in [0.25, 0.3) is 0 Å². The quantitative estimate of drug-likeness (QED) is 0.916. The summed E-state index contributed by atoms with van der Waals surface area (Å²) in [4.78, 5) is 18.7. The molecule has 1 N–H and O–H groups in total. The fraction of sp³-hybridized carbons (Fsp3) is 0.400. The number of aromatic nitrogens is 3. The highest BCUT2D eigenvalue weighted by molar-refractivity contribution is 5.83. The van der Waals surface area contributed by atoms with Crippen LogP contribution in [0.3, 0.4) is 0 Å². The van der Waals surface area contributed by atoms with Crippen LogP contribution in [-0.2, 0) is 18.4 Å². The predicted molar refractivity (Wildman–Crippen MR) is 78.3 cm³/mol. The number of carbonyl (C=O) groups excluding carboxylic acids is 1. The molecule has 1 saturated heterocycles. The first kappa shape index (κ1) is 14.6. The maximum atomic E-state index is 13.5. The van der Waals surface area contributed by atoms with Crippen LogP contribution in [0.15, 0.2) is 24.3 Å². The topological polar surface area (TPSA) is 63.1 Å². The van der Waals surface area contributed by atoms with Gasteiger partial charge in [-0.25, -0.2) is 9.37 Å². The first-order valence-electron chi connectivity index (χ1n) is 7.18. The van der Waals surface area contributed by atoms with Gasteiger partial charge in [-0.1, -0.05) is 12.1 Å². The molecule has 1 aliphatic heterocycles. The molecular weight excluding hydrogens is 285 g/mol. The van der Waals surface area contributed by atoms with Gasteiger partial charge in [-0.3, -0.25) is 14.4 Å². The Morgan fingerprint density at radius 3 is 2.95 bits per heavy atom. The van der Waals surface area contributed by atoms with Crippen LogP contribution < -0.4 is 5.32 Å². The van der Waals surface area contributed by atoms with Crippen LogP contribution in [0.2, 0.25) is 0 Å². The zero-order chi connectivity index (χ0) is 15.7. The molecule has 3 rings (SSSR count). The highest BCUT2D eigenvalue weighted by Gasteiger charge is 2.32. The van der Waals surface area contributed by atoms with E-state index >= 15 is 0 Å². The third kappa shape index (κ3) is 2.85. The second-order valence-electron chi connectivity index (χ2n) is 5.42. The number of hydrogen-bond donors (Lipinski definition) is 1. The molecule has 22 heavy (non-hydrogen) atoms. The number of halogens is 1. The monoisotopic (exact) mass is 303 g/mol. The minimum Gasteiger partial charge on any atom is -0.353 e. The standard InChI is InChI=1S/C15H18FN5O/c1-10-18-13(20(2)19-10)9-21-7-6-17-15(22)14(21)11-4-3-5-12(16)8-11/h3-5,8,14H,6-7,9H2,1-2H3,(H,17,22)/t14-/m1/s1. The number of piperazine rings is 1. The lowest BCUT2D eigenvalue weighted by atomic mass is 10.0. The van der Waals surface area contributed by atoms with Gasteiger partial charge in [0.2, 0.25) is 5.91 Å². The Morgan fingerprint density at radius 2 is 2.27 bits per heavy atom. The summed E-state index contributed by atoms with van der Waals surface area (Å²) in [5.41, 5.74) is 0.649. The highest BCUT2D eigenvalue weighted by atomic mass is 19.1. The number of rotatable bonds is 3. The summed E-state index contributed by atoms with van der Waals surface area (Å²) in [6.45, 7) is 3.57. The molecule has 6 nitrogen and oxygen atoms in total. The number of aryl methyl sites for hydroxylation is 2. The molecule has 2 aromatic rings. The minimum absolute atomic E-state index is 0.115. The third-order valence-electron chi connectivity index (χ3n) is 3.78. The van der Waals surface area contributed by atoms with E-state index in [1.165, 1.54) is 12.1 Å². The van der Waals surface area contributed by atoms with Crippen molar-refractivity contribution in [2.75, 3.05) is 13.1 Å². The van der Waals surface area contributed by atoms with Gasteiger partial charge < -0.3 is 5.32 Å². The predicted octanol–water partition coefficient (Wildman–Crippen LogP) is 0.936. The second kappa shape index (κ2) is 5.84. The van der Waals surface area contributed by atoms with E-state index in [0.29, 0.717) is 31.0 Å². The van der Waals surface area contributed by atoms with Crippen LogP contribution in [0, 0.1) is 12.7 Å². The number of hydrogen-bond acceptors (Lipinski definition) is 4. The van der Waals surface area contributed by atoms with Crippen molar-refractivity contribution in [2.24, 2.45) is 7.05 Å². The fourth-order valence-corrected chi connectivity index (χ4v) is 2.80. The minimum atomic E-state index is -0.513. The van der Waals surface area contributed by atoms with Crippen molar-refractivity contribution in [3.05, 3.63) is 47.3 Å². The molecule has 0 aliphatic carbocycles. The smallest absolute Gasteiger partial charge is 0.242 e. The Kier molecular flexibility index (Phi) is 3.89. The Labute approximate surface area is 128 Å². The molecule has 1 atom stereocenters. The average molecular weight is 303 g/mol. The summed E-state index contributed by atoms with van der Waals surface area (Å²) in [6, 6.07) is 5.66. The first-order valence-corrected chi connectivity index (χ1v) is 7.18. The highest BCUT2D eigenvalue weighted by Crippen LogP contribution is 2.25. The lowest BCUT2D eigenvalue weighted by Crippen LogP contribution is -2.49. The van der Waals surface area contributed by atoms with Gasteiger partial charge in [-0.15, -0.1) is 0 Å². The van der Waals surface area contributed by atoms with E-state index in [1.54, 1.807) is 16.8 Å². The number of carbonyl (C=O) groups is 1. The molecule has 7 heteroatoms. The lowest BCUT2D eigenvalue weighted by molar-refractivity contribution is -0.129. The summed E-state index contributed by atoms with van der Waals surface area (Å²) in [6.07, 6.45) is 0. The maximum absolute atomic E-state index is 13.5. The normalized spacial score (nSPS) is 19.2. The molecule has 1 fully saturated rings. The Bertz CT molecular complexity index is 699. The van der Waals surface area contributed by atoms with Crippen molar-refractivity contribution in [1.82, 2.24) is 25.0 Å². The zero-order valence-corrected chi connectivity index (χ0v) is 12.6. The summed E-state index contributed by atoms with van der Waals surface area (Å²) >= 11 is 0. The fourth-order valence-electron chi connectivity index (χ4n) is 2.80. The van der Waals surface area contributed by atoms with Gasteiger partial charge in [-0.05, 0) is 24.6 Å². The molecule has 1 amide bonds. The number of amides is 1. The largest absolute Gasteiger partial charge is 0.353 e. The number of nitrogens with one attached hydrogen (secondary N) is 1. The van der Waals surface area contributed by atoms with E-state index in [9.17, 15) is 9.18 Å². The van der Waals surface area contributed by atoms with Crippen molar-refractivity contribution >= 4 is 5.91 Å². The van der Waals surface area contributed by atoms with Crippen LogP contribution in [-0.4, -0.2) is 38.7 Å². The van der Waals surface area contributed by atoms with Crippen LogP contribution in [0.25, 0.3) is 0 Å². The van der Waals surface area contributed by atoms with E-state index in [-0.39, 0.29) is 11.7 Å². The number of benzene rings is 1. The van der Waals surface area contributed by atoms with Crippen LogP contribution >= 0.6 is 0 Å². The molecule has 0 radical (unpaired) electrons.